The molecule has 11 heteroatoms. The Bertz CT molecular complexity index is 648. The highest BCUT2D eigenvalue weighted by atomic mass is 19.4. The SMILES string of the molecule is OB(O)c1cnn(-c2cc(C(F)(F)F)cc(C(F)(F)F)c2)c1. The topological polar surface area (TPSA) is 58.3 Å². The standard InChI is InChI=1S/C11H7BF6N2O2/c13-10(14,15)6-1-7(11(16,17)18)3-9(2-6)20-5-8(4-19-20)12(21)22/h1-5,21-22H. The maximum absolute atomic E-state index is 12.7. The molecule has 2 aromatic rings. The van der Waals surface area contributed by atoms with Gasteiger partial charge < -0.3 is 10.0 Å². The molecule has 0 fully saturated rings. The zero-order valence-corrected chi connectivity index (χ0v) is 10.5. The van der Waals surface area contributed by atoms with Crippen molar-refractivity contribution in [1.29, 1.82) is 0 Å². The molecule has 0 aliphatic rings. The first-order valence-corrected chi connectivity index (χ1v) is 5.69. The second-order valence-electron chi connectivity index (χ2n) is 4.36. The molecule has 2 rings (SSSR count). The van der Waals surface area contributed by atoms with E-state index in [4.69, 9.17) is 10.0 Å². The Morgan fingerprint density at radius 2 is 1.41 bits per heavy atom. The van der Waals surface area contributed by atoms with Crippen LogP contribution in [0, 0.1) is 0 Å². The fraction of sp³-hybridized carbons (Fsp3) is 0.182. The van der Waals surface area contributed by atoms with Crippen LogP contribution in [0.1, 0.15) is 11.1 Å². The molecule has 22 heavy (non-hydrogen) atoms. The second-order valence-corrected chi connectivity index (χ2v) is 4.36. The number of hydrogen-bond donors (Lipinski definition) is 2. The Balaban J connectivity index is 2.59. The summed E-state index contributed by atoms with van der Waals surface area (Å²) in [7, 11) is -1.94. The van der Waals surface area contributed by atoms with Crippen LogP contribution in [0.5, 0.6) is 0 Å². The average Bonchev–Trinajstić information content (AvgIpc) is 2.85. The molecule has 0 saturated carbocycles. The number of nitrogens with zero attached hydrogens (tertiary/aromatic N) is 2. The Labute approximate surface area is 119 Å². The van der Waals surface area contributed by atoms with Crippen molar-refractivity contribution in [2.45, 2.75) is 12.4 Å². The maximum Gasteiger partial charge on any atom is 0.491 e. The number of halogens is 6. The Kier molecular flexibility index (Phi) is 3.96. The van der Waals surface area contributed by atoms with Gasteiger partial charge in [0.05, 0.1) is 16.8 Å². The highest BCUT2D eigenvalue weighted by Crippen LogP contribution is 2.36. The van der Waals surface area contributed by atoms with E-state index in [1.807, 2.05) is 0 Å². The molecule has 1 aromatic carbocycles. The Morgan fingerprint density at radius 3 is 1.77 bits per heavy atom. The van der Waals surface area contributed by atoms with Gasteiger partial charge in [-0.25, -0.2) is 4.68 Å². The zero-order valence-electron chi connectivity index (χ0n) is 10.5. The summed E-state index contributed by atoms with van der Waals surface area (Å²) in [5.74, 6) is 0. The van der Waals surface area contributed by atoms with Gasteiger partial charge in [-0.15, -0.1) is 0 Å². The predicted molar refractivity (Wildman–Crippen MR) is 63.4 cm³/mol. The normalized spacial score (nSPS) is 12.5. The van der Waals surface area contributed by atoms with E-state index in [9.17, 15) is 26.3 Å². The number of benzene rings is 1. The van der Waals surface area contributed by atoms with Crippen molar-refractivity contribution in [3.05, 3.63) is 41.7 Å². The van der Waals surface area contributed by atoms with Crippen LogP contribution in [-0.4, -0.2) is 26.9 Å². The first-order valence-electron chi connectivity index (χ1n) is 5.69. The van der Waals surface area contributed by atoms with E-state index < -0.39 is 36.3 Å². The third-order valence-corrected chi connectivity index (χ3v) is 2.74. The van der Waals surface area contributed by atoms with Gasteiger partial charge in [-0.2, -0.15) is 31.4 Å². The lowest BCUT2D eigenvalue weighted by atomic mass is 9.83. The minimum absolute atomic E-state index is 0.00516. The van der Waals surface area contributed by atoms with Gasteiger partial charge in [0.1, 0.15) is 0 Å². The molecule has 0 amide bonds. The first kappa shape index (κ1) is 16.4. The fourth-order valence-electron chi connectivity index (χ4n) is 1.68. The monoisotopic (exact) mass is 324 g/mol. The lowest BCUT2D eigenvalue weighted by Gasteiger charge is -2.14. The summed E-state index contributed by atoms with van der Waals surface area (Å²) < 4.78 is 76.9. The molecule has 0 aliphatic carbocycles. The molecular weight excluding hydrogens is 317 g/mol. The van der Waals surface area contributed by atoms with Gasteiger partial charge in [-0.1, -0.05) is 0 Å². The van der Waals surface area contributed by atoms with Crippen molar-refractivity contribution < 1.29 is 36.4 Å². The molecule has 1 aromatic heterocycles. The zero-order chi connectivity index (χ0) is 16.7. The van der Waals surface area contributed by atoms with Gasteiger partial charge in [0.15, 0.2) is 0 Å². The third-order valence-electron chi connectivity index (χ3n) is 2.74. The third kappa shape index (κ3) is 3.42. The summed E-state index contributed by atoms with van der Waals surface area (Å²) in [5.41, 5.74) is -3.65. The molecule has 0 unspecified atom stereocenters. The quantitative estimate of drug-likeness (QED) is 0.652. The highest BCUT2D eigenvalue weighted by molar-refractivity contribution is 6.58. The van der Waals surface area contributed by atoms with Crippen molar-refractivity contribution in [2.24, 2.45) is 0 Å². The number of hydrogen-bond acceptors (Lipinski definition) is 3. The van der Waals surface area contributed by atoms with E-state index in [0.29, 0.717) is 16.8 Å². The summed E-state index contributed by atoms with van der Waals surface area (Å²) in [4.78, 5) is 0. The Morgan fingerprint density at radius 1 is 0.909 bits per heavy atom. The van der Waals surface area contributed by atoms with Gasteiger partial charge >= 0.3 is 19.5 Å². The largest absolute Gasteiger partial charge is 0.491 e. The molecule has 0 saturated heterocycles. The molecular formula is C11H7BF6N2O2. The summed E-state index contributed by atoms with van der Waals surface area (Å²) in [6.45, 7) is 0. The van der Waals surface area contributed by atoms with E-state index in [2.05, 4.69) is 5.10 Å². The second kappa shape index (κ2) is 5.32. The van der Waals surface area contributed by atoms with Gasteiger partial charge in [0.2, 0.25) is 0 Å². The molecule has 0 radical (unpaired) electrons. The van der Waals surface area contributed by atoms with E-state index in [-0.39, 0.29) is 11.5 Å². The lowest BCUT2D eigenvalue weighted by molar-refractivity contribution is -0.143. The summed E-state index contributed by atoms with van der Waals surface area (Å²) in [6.07, 6.45) is -8.11. The van der Waals surface area contributed by atoms with Crippen LogP contribution in [0.4, 0.5) is 26.3 Å². The van der Waals surface area contributed by atoms with Crippen molar-refractivity contribution in [3.8, 4) is 5.69 Å². The van der Waals surface area contributed by atoms with Crippen LogP contribution >= 0.6 is 0 Å². The molecule has 0 atom stereocenters. The molecule has 0 bridgehead atoms. The first-order chi connectivity index (χ1) is 9.98. The summed E-state index contributed by atoms with van der Waals surface area (Å²) in [6, 6.07) is 0.959. The van der Waals surface area contributed by atoms with Crippen LogP contribution in [0.2, 0.25) is 0 Å². The lowest BCUT2D eigenvalue weighted by Crippen LogP contribution is -2.28. The van der Waals surface area contributed by atoms with Gasteiger partial charge in [-0.3, -0.25) is 0 Å². The van der Waals surface area contributed by atoms with Crippen LogP contribution in [0.25, 0.3) is 5.69 Å². The molecule has 0 aliphatic heterocycles. The summed E-state index contributed by atoms with van der Waals surface area (Å²) >= 11 is 0. The van der Waals surface area contributed by atoms with Crippen molar-refractivity contribution >= 4 is 12.6 Å². The highest BCUT2D eigenvalue weighted by Gasteiger charge is 2.37. The number of alkyl halides is 6. The van der Waals surface area contributed by atoms with Gasteiger partial charge in [-0.05, 0) is 18.2 Å². The smallest absolute Gasteiger partial charge is 0.423 e. The average molecular weight is 324 g/mol. The van der Waals surface area contributed by atoms with Crippen LogP contribution in [-0.2, 0) is 12.4 Å². The number of rotatable bonds is 2. The molecule has 0 spiro atoms. The van der Waals surface area contributed by atoms with Gasteiger partial charge in [0, 0.05) is 17.9 Å². The van der Waals surface area contributed by atoms with E-state index >= 15 is 0 Å². The van der Waals surface area contributed by atoms with E-state index in [1.54, 1.807) is 0 Å². The van der Waals surface area contributed by atoms with Crippen molar-refractivity contribution in [2.75, 3.05) is 0 Å². The predicted octanol–water partition coefficient (Wildman–Crippen LogP) is 1.59. The Hall–Kier alpha value is -2.01. The molecule has 2 N–H and O–H groups in total. The number of aromatic nitrogens is 2. The minimum Gasteiger partial charge on any atom is -0.423 e. The fourth-order valence-corrected chi connectivity index (χ4v) is 1.68. The maximum atomic E-state index is 12.7. The van der Waals surface area contributed by atoms with Crippen molar-refractivity contribution in [3.63, 3.8) is 0 Å². The van der Waals surface area contributed by atoms with E-state index in [0.717, 1.165) is 12.4 Å². The van der Waals surface area contributed by atoms with Gasteiger partial charge in [0.25, 0.3) is 0 Å². The van der Waals surface area contributed by atoms with E-state index in [1.165, 1.54) is 0 Å². The van der Waals surface area contributed by atoms with Crippen molar-refractivity contribution in [1.82, 2.24) is 9.78 Å². The van der Waals surface area contributed by atoms with Crippen LogP contribution in [0.3, 0.4) is 0 Å². The summed E-state index contributed by atoms with van der Waals surface area (Å²) in [5, 5.41) is 21.3. The minimum atomic E-state index is -4.97. The van der Waals surface area contributed by atoms with Crippen LogP contribution < -0.4 is 5.46 Å². The molecule has 118 valence electrons. The molecule has 1 heterocycles. The van der Waals surface area contributed by atoms with Crippen LogP contribution in [0.15, 0.2) is 30.6 Å². The molecule has 4 nitrogen and oxygen atoms in total.